The number of alkyl halides is 1. The molecule has 2 unspecified atom stereocenters. The highest BCUT2D eigenvalue weighted by Crippen LogP contribution is 2.30. The molecule has 2 rings (SSSR count). The van der Waals surface area contributed by atoms with Gasteiger partial charge in [0.05, 0.1) is 21.5 Å². The molecule has 1 heterocycles. The second-order valence-electron chi connectivity index (χ2n) is 4.59. The van der Waals surface area contributed by atoms with Gasteiger partial charge in [0.1, 0.15) is 0 Å². The molecular formula is C10H17IO3S. The first kappa shape index (κ1) is 12.1. The van der Waals surface area contributed by atoms with E-state index >= 15 is 0 Å². The van der Waals surface area contributed by atoms with Gasteiger partial charge in [0.2, 0.25) is 0 Å². The highest BCUT2D eigenvalue weighted by atomic mass is 127. The van der Waals surface area contributed by atoms with E-state index in [1.54, 1.807) is 0 Å². The van der Waals surface area contributed by atoms with E-state index in [4.69, 9.17) is 4.74 Å². The van der Waals surface area contributed by atoms with E-state index in [-0.39, 0.29) is 15.8 Å². The van der Waals surface area contributed by atoms with Crippen molar-refractivity contribution in [3.8, 4) is 0 Å². The lowest BCUT2D eigenvalue weighted by Gasteiger charge is -2.25. The normalized spacial score (nSPS) is 35.3. The summed E-state index contributed by atoms with van der Waals surface area (Å²) in [4.78, 5) is 0. The van der Waals surface area contributed by atoms with Gasteiger partial charge in [-0.15, -0.1) is 0 Å². The number of sulfone groups is 1. The summed E-state index contributed by atoms with van der Waals surface area (Å²) in [6, 6.07) is 0. The molecule has 3 nitrogen and oxygen atoms in total. The Kier molecular flexibility index (Phi) is 3.93. The summed E-state index contributed by atoms with van der Waals surface area (Å²) in [5, 5.41) is 0. The predicted octanol–water partition coefficient (Wildman–Crippen LogP) is 1.79. The van der Waals surface area contributed by atoms with Crippen LogP contribution >= 0.6 is 22.6 Å². The second kappa shape index (κ2) is 4.87. The van der Waals surface area contributed by atoms with E-state index in [9.17, 15) is 8.42 Å². The smallest absolute Gasteiger partial charge is 0.154 e. The summed E-state index contributed by atoms with van der Waals surface area (Å²) < 4.78 is 28.5. The van der Waals surface area contributed by atoms with Gasteiger partial charge in [-0.3, -0.25) is 0 Å². The van der Waals surface area contributed by atoms with E-state index in [1.165, 1.54) is 19.3 Å². The van der Waals surface area contributed by atoms with E-state index in [0.29, 0.717) is 5.75 Å². The molecule has 2 fully saturated rings. The SMILES string of the molecule is O=S1(=O)CC(I)C(OCCC2CCC2)C1. The van der Waals surface area contributed by atoms with Gasteiger partial charge in [0.15, 0.2) is 9.84 Å². The lowest BCUT2D eigenvalue weighted by molar-refractivity contribution is 0.0586. The average Bonchev–Trinajstić information content (AvgIpc) is 2.30. The van der Waals surface area contributed by atoms with Gasteiger partial charge in [0.25, 0.3) is 0 Å². The first-order valence-corrected chi connectivity index (χ1v) is 8.59. The molecule has 0 bridgehead atoms. The van der Waals surface area contributed by atoms with Crippen molar-refractivity contribution >= 4 is 32.4 Å². The van der Waals surface area contributed by atoms with Crippen molar-refractivity contribution in [1.29, 1.82) is 0 Å². The summed E-state index contributed by atoms with van der Waals surface area (Å²) >= 11 is 2.20. The van der Waals surface area contributed by atoms with Gasteiger partial charge in [-0.25, -0.2) is 8.42 Å². The van der Waals surface area contributed by atoms with Crippen LogP contribution in [0.3, 0.4) is 0 Å². The topological polar surface area (TPSA) is 43.4 Å². The molecule has 0 aromatic rings. The first-order valence-electron chi connectivity index (χ1n) is 5.53. The Morgan fingerprint density at radius 1 is 1.27 bits per heavy atom. The molecule has 1 saturated heterocycles. The van der Waals surface area contributed by atoms with Crippen LogP contribution in [0.5, 0.6) is 0 Å². The molecule has 1 saturated carbocycles. The summed E-state index contributed by atoms with van der Waals surface area (Å²) in [6.45, 7) is 0.740. The van der Waals surface area contributed by atoms with Crippen LogP contribution in [0.1, 0.15) is 25.7 Å². The number of ether oxygens (including phenoxy) is 1. The fourth-order valence-electron chi connectivity index (χ4n) is 2.09. The number of hydrogen-bond acceptors (Lipinski definition) is 3. The Morgan fingerprint density at radius 3 is 2.47 bits per heavy atom. The van der Waals surface area contributed by atoms with E-state index in [1.807, 2.05) is 0 Å². The van der Waals surface area contributed by atoms with Crippen LogP contribution in [0.2, 0.25) is 0 Å². The zero-order valence-corrected chi connectivity index (χ0v) is 11.7. The molecular weight excluding hydrogens is 327 g/mol. The maximum Gasteiger partial charge on any atom is 0.154 e. The second-order valence-corrected chi connectivity index (χ2v) is 8.34. The number of hydrogen-bond donors (Lipinski definition) is 0. The van der Waals surface area contributed by atoms with E-state index in [2.05, 4.69) is 22.6 Å². The lowest BCUT2D eigenvalue weighted by Crippen LogP contribution is -2.24. The molecule has 2 atom stereocenters. The quantitative estimate of drug-likeness (QED) is 0.577. The van der Waals surface area contributed by atoms with Gasteiger partial charge in [0, 0.05) is 6.61 Å². The molecule has 2 aliphatic rings. The molecule has 5 heteroatoms. The Morgan fingerprint density at radius 2 is 2.00 bits per heavy atom. The molecule has 0 spiro atoms. The van der Waals surface area contributed by atoms with Crippen LogP contribution in [-0.2, 0) is 14.6 Å². The van der Waals surface area contributed by atoms with Crippen molar-refractivity contribution in [1.82, 2.24) is 0 Å². The Hall–Kier alpha value is 0.640. The van der Waals surface area contributed by atoms with Gasteiger partial charge in [-0.05, 0) is 12.3 Å². The Bertz CT molecular complexity index is 311. The van der Waals surface area contributed by atoms with E-state index in [0.717, 1.165) is 18.9 Å². The third kappa shape index (κ3) is 3.30. The molecule has 15 heavy (non-hydrogen) atoms. The molecule has 0 N–H and O–H groups in total. The monoisotopic (exact) mass is 344 g/mol. The zero-order valence-electron chi connectivity index (χ0n) is 8.69. The molecule has 0 aromatic heterocycles. The van der Waals surface area contributed by atoms with Gasteiger partial charge in [-0.1, -0.05) is 41.9 Å². The maximum absolute atomic E-state index is 11.3. The molecule has 1 aliphatic heterocycles. The van der Waals surface area contributed by atoms with Crippen molar-refractivity contribution in [2.75, 3.05) is 18.1 Å². The summed E-state index contributed by atoms with van der Waals surface area (Å²) in [5.74, 6) is 1.36. The molecule has 0 radical (unpaired) electrons. The third-order valence-corrected chi connectivity index (χ3v) is 6.86. The average molecular weight is 344 g/mol. The van der Waals surface area contributed by atoms with Gasteiger partial charge >= 0.3 is 0 Å². The largest absolute Gasteiger partial charge is 0.376 e. The van der Waals surface area contributed by atoms with Gasteiger partial charge in [-0.2, -0.15) is 0 Å². The van der Waals surface area contributed by atoms with Crippen molar-refractivity contribution in [2.24, 2.45) is 5.92 Å². The number of halogens is 1. The van der Waals surface area contributed by atoms with Crippen LogP contribution in [0.4, 0.5) is 0 Å². The van der Waals surface area contributed by atoms with Crippen molar-refractivity contribution in [3.63, 3.8) is 0 Å². The molecule has 1 aliphatic carbocycles. The minimum Gasteiger partial charge on any atom is -0.376 e. The van der Waals surface area contributed by atoms with Crippen molar-refractivity contribution in [2.45, 2.75) is 35.7 Å². The molecule has 88 valence electrons. The van der Waals surface area contributed by atoms with E-state index < -0.39 is 9.84 Å². The fourth-order valence-corrected chi connectivity index (χ4v) is 6.21. The van der Waals surface area contributed by atoms with Gasteiger partial charge < -0.3 is 4.74 Å². The first-order chi connectivity index (χ1) is 7.07. The standard InChI is InChI=1S/C10H17IO3S/c11-9-6-15(12,13)7-10(9)14-5-4-8-2-1-3-8/h8-10H,1-7H2. The van der Waals surface area contributed by atoms with Crippen molar-refractivity contribution in [3.05, 3.63) is 0 Å². The zero-order chi connectivity index (χ0) is 10.9. The minimum atomic E-state index is -2.82. The minimum absolute atomic E-state index is 0.0596. The highest BCUT2D eigenvalue weighted by Gasteiger charge is 2.36. The van der Waals surface area contributed by atoms with Crippen LogP contribution in [-0.4, -0.2) is 36.6 Å². The van der Waals surface area contributed by atoms with Crippen LogP contribution in [0.25, 0.3) is 0 Å². The Labute approximate surface area is 105 Å². The molecule has 0 aromatic carbocycles. The lowest BCUT2D eigenvalue weighted by atomic mass is 9.83. The van der Waals surface area contributed by atoms with Crippen LogP contribution in [0.15, 0.2) is 0 Å². The highest BCUT2D eigenvalue weighted by molar-refractivity contribution is 14.1. The number of rotatable bonds is 4. The van der Waals surface area contributed by atoms with Crippen LogP contribution in [0, 0.1) is 5.92 Å². The predicted molar refractivity (Wildman–Crippen MR) is 68.2 cm³/mol. The summed E-state index contributed by atoms with van der Waals surface area (Å²) in [6.07, 6.45) is 5.08. The third-order valence-electron chi connectivity index (χ3n) is 3.32. The fraction of sp³-hybridized carbons (Fsp3) is 1.00. The summed E-state index contributed by atoms with van der Waals surface area (Å²) in [5.41, 5.74) is 0. The van der Waals surface area contributed by atoms with Crippen LogP contribution < -0.4 is 0 Å². The summed E-state index contributed by atoms with van der Waals surface area (Å²) in [7, 11) is -2.82. The Balaban J connectivity index is 1.70. The molecule has 0 amide bonds. The van der Waals surface area contributed by atoms with Crippen molar-refractivity contribution < 1.29 is 13.2 Å². The maximum atomic E-state index is 11.3.